The molecule has 0 saturated heterocycles. The lowest BCUT2D eigenvalue weighted by atomic mass is 9.97. The molecule has 0 spiro atoms. The molecule has 0 radical (unpaired) electrons. The zero-order valence-electron chi connectivity index (χ0n) is 13.9. The van der Waals surface area contributed by atoms with Crippen LogP contribution in [0.3, 0.4) is 0 Å². The standard InChI is InChI=1S/C19H21ClN2O/c1-19(2,3)12-22-15-11-10-14(13-8-6-5-7-9-13)16(20)17(15)21(4)18(22)23/h5-11H,12H2,1-4H3. The normalized spacial score (nSPS) is 12.0. The number of nitrogens with zero attached hydrogens (tertiary/aromatic N) is 2. The van der Waals surface area contributed by atoms with Crippen LogP contribution in [0.5, 0.6) is 0 Å². The van der Waals surface area contributed by atoms with E-state index in [1.165, 1.54) is 0 Å². The summed E-state index contributed by atoms with van der Waals surface area (Å²) in [6.07, 6.45) is 0. The highest BCUT2D eigenvalue weighted by Crippen LogP contribution is 2.34. The zero-order chi connectivity index (χ0) is 16.8. The Hall–Kier alpha value is -2.00. The van der Waals surface area contributed by atoms with Crippen molar-refractivity contribution >= 4 is 22.6 Å². The summed E-state index contributed by atoms with van der Waals surface area (Å²) >= 11 is 6.66. The van der Waals surface area contributed by atoms with Crippen LogP contribution in [0.15, 0.2) is 47.3 Å². The zero-order valence-corrected chi connectivity index (χ0v) is 14.7. The maximum atomic E-state index is 12.6. The van der Waals surface area contributed by atoms with E-state index in [9.17, 15) is 4.79 Å². The molecule has 1 aromatic heterocycles. The van der Waals surface area contributed by atoms with Gasteiger partial charge in [-0.05, 0) is 17.0 Å². The first-order chi connectivity index (χ1) is 10.8. The van der Waals surface area contributed by atoms with Crippen molar-refractivity contribution in [3.63, 3.8) is 0 Å². The molecule has 4 heteroatoms. The Morgan fingerprint density at radius 1 is 1.04 bits per heavy atom. The summed E-state index contributed by atoms with van der Waals surface area (Å²) in [6.45, 7) is 7.03. The summed E-state index contributed by atoms with van der Waals surface area (Å²) in [6, 6.07) is 14.0. The van der Waals surface area contributed by atoms with Gasteiger partial charge < -0.3 is 0 Å². The predicted molar refractivity (Wildman–Crippen MR) is 97.1 cm³/mol. The SMILES string of the molecule is Cn1c(=O)n(CC(C)(C)C)c2ccc(-c3ccccc3)c(Cl)c21. The highest BCUT2D eigenvalue weighted by molar-refractivity contribution is 6.37. The summed E-state index contributed by atoms with van der Waals surface area (Å²) in [5, 5.41) is 0.626. The van der Waals surface area contributed by atoms with Crippen LogP contribution >= 0.6 is 11.6 Å². The number of hydrogen-bond acceptors (Lipinski definition) is 1. The molecule has 0 fully saturated rings. The second-order valence-corrected chi connectivity index (χ2v) is 7.53. The van der Waals surface area contributed by atoms with E-state index in [1.807, 2.05) is 47.0 Å². The van der Waals surface area contributed by atoms with E-state index >= 15 is 0 Å². The fourth-order valence-electron chi connectivity index (χ4n) is 2.94. The van der Waals surface area contributed by atoms with Crippen LogP contribution in [0.4, 0.5) is 0 Å². The van der Waals surface area contributed by atoms with E-state index in [1.54, 1.807) is 11.6 Å². The molecule has 3 rings (SSSR count). The molecule has 0 aliphatic carbocycles. The number of benzene rings is 2. The lowest BCUT2D eigenvalue weighted by molar-refractivity contribution is 0.342. The summed E-state index contributed by atoms with van der Waals surface area (Å²) in [7, 11) is 1.78. The second-order valence-electron chi connectivity index (χ2n) is 7.15. The number of rotatable bonds is 2. The molecule has 120 valence electrons. The van der Waals surface area contributed by atoms with Crippen molar-refractivity contribution in [1.29, 1.82) is 0 Å². The molecule has 0 saturated carbocycles. The highest BCUT2D eigenvalue weighted by atomic mass is 35.5. The third kappa shape index (κ3) is 2.81. The lowest BCUT2D eigenvalue weighted by Gasteiger charge is -2.18. The molecule has 0 amide bonds. The quantitative estimate of drug-likeness (QED) is 0.669. The van der Waals surface area contributed by atoms with Crippen molar-refractivity contribution in [2.75, 3.05) is 0 Å². The Bertz CT molecular complexity index is 914. The summed E-state index contributed by atoms with van der Waals surface area (Å²) in [5.41, 5.74) is 3.67. The number of imidazole rings is 1. The van der Waals surface area contributed by atoms with Crippen molar-refractivity contribution in [2.24, 2.45) is 12.5 Å². The third-order valence-electron chi connectivity index (χ3n) is 3.96. The fraction of sp³-hybridized carbons (Fsp3) is 0.316. The predicted octanol–water partition coefficient (Wildman–Crippen LogP) is 4.71. The van der Waals surface area contributed by atoms with Gasteiger partial charge >= 0.3 is 5.69 Å². The van der Waals surface area contributed by atoms with Gasteiger partial charge in [0.1, 0.15) is 0 Å². The van der Waals surface area contributed by atoms with Crippen molar-refractivity contribution in [1.82, 2.24) is 9.13 Å². The molecule has 0 aliphatic heterocycles. The molecule has 0 N–H and O–H groups in total. The molecule has 3 nitrogen and oxygen atoms in total. The first kappa shape index (κ1) is 15.9. The first-order valence-corrected chi connectivity index (χ1v) is 8.10. The number of aryl methyl sites for hydroxylation is 1. The van der Waals surface area contributed by atoms with Gasteiger partial charge in [-0.1, -0.05) is 68.8 Å². The number of halogens is 1. The monoisotopic (exact) mass is 328 g/mol. The minimum atomic E-state index is -0.0259. The maximum absolute atomic E-state index is 12.6. The molecular formula is C19H21ClN2O. The van der Waals surface area contributed by atoms with Crippen molar-refractivity contribution in [2.45, 2.75) is 27.3 Å². The highest BCUT2D eigenvalue weighted by Gasteiger charge is 2.20. The smallest absolute Gasteiger partial charge is 0.294 e. The lowest BCUT2D eigenvalue weighted by Crippen LogP contribution is -2.27. The van der Waals surface area contributed by atoms with Gasteiger partial charge in [-0.25, -0.2) is 4.79 Å². The van der Waals surface area contributed by atoms with Gasteiger partial charge in [-0.2, -0.15) is 0 Å². The molecule has 2 aromatic carbocycles. The molecule has 0 unspecified atom stereocenters. The minimum Gasteiger partial charge on any atom is -0.294 e. The van der Waals surface area contributed by atoms with Crippen LogP contribution in [0.25, 0.3) is 22.2 Å². The summed E-state index contributed by atoms with van der Waals surface area (Å²) in [4.78, 5) is 12.6. The number of hydrogen-bond donors (Lipinski definition) is 0. The van der Waals surface area contributed by atoms with E-state index in [-0.39, 0.29) is 11.1 Å². The van der Waals surface area contributed by atoms with Gasteiger partial charge in [0.2, 0.25) is 0 Å². The van der Waals surface area contributed by atoms with E-state index < -0.39 is 0 Å². The fourth-order valence-corrected chi connectivity index (χ4v) is 3.33. The molecule has 0 bridgehead atoms. The molecule has 0 atom stereocenters. The van der Waals surface area contributed by atoms with Crippen LogP contribution < -0.4 is 5.69 Å². The largest absolute Gasteiger partial charge is 0.328 e. The average molecular weight is 329 g/mol. The van der Waals surface area contributed by atoms with Gasteiger partial charge in [-0.3, -0.25) is 9.13 Å². The van der Waals surface area contributed by atoms with E-state index in [0.29, 0.717) is 11.6 Å². The third-order valence-corrected chi connectivity index (χ3v) is 4.34. The van der Waals surface area contributed by atoms with Gasteiger partial charge in [-0.15, -0.1) is 0 Å². The molecule has 23 heavy (non-hydrogen) atoms. The first-order valence-electron chi connectivity index (χ1n) is 7.73. The van der Waals surface area contributed by atoms with Gasteiger partial charge in [0.25, 0.3) is 0 Å². The molecular weight excluding hydrogens is 308 g/mol. The van der Waals surface area contributed by atoms with Crippen molar-refractivity contribution in [3.05, 3.63) is 58.0 Å². The Kier molecular flexibility index (Phi) is 3.85. The second kappa shape index (κ2) is 5.57. The summed E-state index contributed by atoms with van der Waals surface area (Å²) < 4.78 is 3.46. The van der Waals surface area contributed by atoms with Crippen LogP contribution in [0.1, 0.15) is 20.8 Å². The van der Waals surface area contributed by atoms with E-state index in [0.717, 1.165) is 22.2 Å². The van der Waals surface area contributed by atoms with Crippen LogP contribution in [0, 0.1) is 5.41 Å². The van der Waals surface area contributed by atoms with Gasteiger partial charge in [0, 0.05) is 19.2 Å². The Balaban J connectivity index is 2.28. The van der Waals surface area contributed by atoms with E-state index in [4.69, 9.17) is 11.6 Å². The van der Waals surface area contributed by atoms with Crippen molar-refractivity contribution in [3.8, 4) is 11.1 Å². The molecule has 1 heterocycles. The van der Waals surface area contributed by atoms with Gasteiger partial charge in [0.05, 0.1) is 16.1 Å². The average Bonchev–Trinajstić information content (AvgIpc) is 2.73. The molecule has 0 aliphatic rings. The minimum absolute atomic E-state index is 0.0166. The van der Waals surface area contributed by atoms with Crippen LogP contribution in [-0.4, -0.2) is 9.13 Å². The van der Waals surface area contributed by atoms with E-state index in [2.05, 4.69) is 20.8 Å². The maximum Gasteiger partial charge on any atom is 0.328 e. The topological polar surface area (TPSA) is 26.9 Å². The van der Waals surface area contributed by atoms with Crippen molar-refractivity contribution < 1.29 is 0 Å². The Morgan fingerprint density at radius 3 is 2.30 bits per heavy atom. The van der Waals surface area contributed by atoms with Crippen LogP contribution in [-0.2, 0) is 13.6 Å². The summed E-state index contributed by atoms with van der Waals surface area (Å²) in [5.74, 6) is 0. The number of fused-ring (bicyclic) bond motifs is 1. The Labute approximate surface area is 141 Å². The van der Waals surface area contributed by atoms with Crippen LogP contribution in [0.2, 0.25) is 5.02 Å². The van der Waals surface area contributed by atoms with Gasteiger partial charge in [0.15, 0.2) is 0 Å². The Morgan fingerprint density at radius 2 is 1.70 bits per heavy atom. The molecule has 3 aromatic rings. The number of aromatic nitrogens is 2.